The number of rotatable bonds is 11. The lowest BCUT2D eigenvalue weighted by Crippen LogP contribution is -2.40. The molecule has 5 aromatic rings. The first-order valence-corrected chi connectivity index (χ1v) is 15.0. The predicted octanol–water partition coefficient (Wildman–Crippen LogP) is 5.97. The van der Waals surface area contributed by atoms with Crippen molar-refractivity contribution in [2.75, 3.05) is 13.7 Å². The number of aromatic nitrogens is 4. The first-order chi connectivity index (χ1) is 22.0. The number of aromatic amines is 2. The summed E-state index contributed by atoms with van der Waals surface area (Å²) in [5.41, 5.74) is 6.64. The highest BCUT2D eigenvalue weighted by molar-refractivity contribution is 5.86. The summed E-state index contributed by atoms with van der Waals surface area (Å²) in [7, 11) is 1.27. The van der Waals surface area contributed by atoms with Gasteiger partial charge in [0.15, 0.2) is 0 Å². The Morgan fingerprint density at radius 2 is 1.38 bits per heavy atom. The van der Waals surface area contributed by atoms with Crippen LogP contribution in [0.2, 0.25) is 0 Å². The van der Waals surface area contributed by atoms with Gasteiger partial charge in [0.05, 0.1) is 30.9 Å². The number of hydrogen-bond acceptors (Lipinski definition) is 5. The topological polar surface area (TPSA) is 125 Å². The van der Waals surface area contributed by atoms with Gasteiger partial charge in [0.25, 0.3) is 0 Å². The van der Waals surface area contributed by atoms with E-state index in [-0.39, 0.29) is 5.91 Å². The molecule has 9 nitrogen and oxygen atoms in total. The summed E-state index contributed by atoms with van der Waals surface area (Å²) in [5.74, 6) is 8.06. The molecular weight excluding hydrogens is 564 g/mol. The van der Waals surface area contributed by atoms with Crippen LogP contribution >= 0.6 is 0 Å². The van der Waals surface area contributed by atoms with Crippen molar-refractivity contribution in [2.24, 2.45) is 0 Å². The van der Waals surface area contributed by atoms with Crippen LogP contribution in [0.3, 0.4) is 0 Å². The van der Waals surface area contributed by atoms with E-state index in [2.05, 4.69) is 66.2 Å². The highest BCUT2D eigenvalue weighted by atomic mass is 16.5. The molecule has 2 heterocycles. The number of amides is 2. The molecule has 2 aromatic heterocycles. The minimum absolute atomic E-state index is 0.284. The number of unbranched alkanes of at least 4 members (excludes halogenated alkanes) is 1. The van der Waals surface area contributed by atoms with E-state index in [1.807, 2.05) is 67.0 Å². The molecule has 0 fully saturated rings. The maximum Gasteiger partial charge on any atom is 0.407 e. The third kappa shape index (κ3) is 8.48. The molecular formula is C36H36N6O3. The van der Waals surface area contributed by atoms with E-state index in [0.29, 0.717) is 12.1 Å². The quantitative estimate of drug-likeness (QED) is 0.110. The van der Waals surface area contributed by atoms with Gasteiger partial charge < -0.3 is 25.3 Å². The molecule has 0 aliphatic heterocycles. The number of ether oxygens (including phenoxy) is 1. The SMILES string of the molecule is CCc1ncc(-c2ccc(C#Cc3ccc(-c4cnc(CCCCNC(=O)[C@H](NC(=O)OC)c5ccccc5)[nH]4)cc3)cc2)[nH]1. The van der Waals surface area contributed by atoms with Crippen molar-refractivity contribution in [3.8, 4) is 34.4 Å². The molecule has 2 amide bonds. The Labute approximate surface area is 262 Å². The fraction of sp³-hybridized carbons (Fsp3) is 0.222. The van der Waals surface area contributed by atoms with Crippen LogP contribution in [-0.2, 0) is 22.4 Å². The zero-order valence-electron chi connectivity index (χ0n) is 25.4. The van der Waals surface area contributed by atoms with Gasteiger partial charge in [-0.15, -0.1) is 0 Å². The number of nitrogens with one attached hydrogen (secondary N) is 4. The van der Waals surface area contributed by atoms with Crippen LogP contribution in [0.4, 0.5) is 4.79 Å². The zero-order valence-corrected chi connectivity index (χ0v) is 25.4. The van der Waals surface area contributed by atoms with Crippen molar-refractivity contribution in [3.63, 3.8) is 0 Å². The maximum absolute atomic E-state index is 12.8. The van der Waals surface area contributed by atoms with Gasteiger partial charge in [-0.1, -0.05) is 73.4 Å². The molecule has 0 bridgehead atoms. The zero-order chi connectivity index (χ0) is 31.4. The lowest BCUT2D eigenvalue weighted by molar-refractivity contribution is -0.123. The summed E-state index contributed by atoms with van der Waals surface area (Å²) < 4.78 is 4.68. The molecule has 3 aromatic carbocycles. The molecule has 5 rings (SSSR count). The molecule has 0 radical (unpaired) electrons. The third-order valence-corrected chi connectivity index (χ3v) is 7.32. The molecule has 1 atom stereocenters. The fourth-order valence-electron chi connectivity index (χ4n) is 4.79. The molecule has 0 saturated heterocycles. The summed E-state index contributed by atoms with van der Waals surface area (Å²) in [5, 5.41) is 5.51. The number of imidazole rings is 2. The number of aryl methyl sites for hydroxylation is 2. The fourth-order valence-corrected chi connectivity index (χ4v) is 4.79. The lowest BCUT2D eigenvalue weighted by atomic mass is 10.1. The second-order valence-electron chi connectivity index (χ2n) is 10.5. The third-order valence-electron chi connectivity index (χ3n) is 7.32. The van der Waals surface area contributed by atoms with Gasteiger partial charge in [0, 0.05) is 30.5 Å². The lowest BCUT2D eigenvalue weighted by Gasteiger charge is -2.18. The minimum Gasteiger partial charge on any atom is -0.453 e. The van der Waals surface area contributed by atoms with E-state index in [9.17, 15) is 9.59 Å². The molecule has 228 valence electrons. The van der Waals surface area contributed by atoms with E-state index in [0.717, 1.165) is 71.0 Å². The normalized spacial score (nSPS) is 11.2. The van der Waals surface area contributed by atoms with E-state index < -0.39 is 12.1 Å². The van der Waals surface area contributed by atoms with Crippen LogP contribution in [-0.4, -0.2) is 45.6 Å². The number of carbonyl (C=O) groups excluding carboxylic acids is 2. The first-order valence-electron chi connectivity index (χ1n) is 15.0. The number of carbonyl (C=O) groups is 2. The van der Waals surface area contributed by atoms with Crippen molar-refractivity contribution >= 4 is 12.0 Å². The Morgan fingerprint density at radius 1 is 0.800 bits per heavy atom. The van der Waals surface area contributed by atoms with Gasteiger partial charge in [-0.25, -0.2) is 14.8 Å². The second-order valence-corrected chi connectivity index (χ2v) is 10.5. The van der Waals surface area contributed by atoms with Gasteiger partial charge in [-0.05, 0) is 53.8 Å². The van der Waals surface area contributed by atoms with Crippen molar-refractivity contribution < 1.29 is 14.3 Å². The predicted molar refractivity (Wildman–Crippen MR) is 174 cm³/mol. The van der Waals surface area contributed by atoms with Crippen molar-refractivity contribution in [1.29, 1.82) is 0 Å². The van der Waals surface area contributed by atoms with Crippen molar-refractivity contribution in [1.82, 2.24) is 30.6 Å². The standard InChI is InChI=1S/C36H36N6O3/c1-3-32-38-23-30(40-32)27-18-14-25(15-19-27)12-13-26-16-20-28(21-17-26)31-24-39-33(41-31)11-7-8-22-37-35(43)34(42-36(44)45-2)29-9-5-4-6-10-29/h4-6,9-10,14-21,23-24,34H,3,7-8,11,22H2,1-2H3,(H,37,43)(H,38,40)(H,39,41)(H,42,44)/t34-/m1/s1. The van der Waals surface area contributed by atoms with Gasteiger partial charge >= 0.3 is 6.09 Å². The number of hydrogen-bond donors (Lipinski definition) is 4. The van der Waals surface area contributed by atoms with E-state index in [4.69, 9.17) is 0 Å². The summed E-state index contributed by atoms with van der Waals surface area (Å²) in [6, 6.07) is 24.5. The highest BCUT2D eigenvalue weighted by Crippen LogP contribution is 2.20. The van der Waals surface area contributed by atoms with E-state index in [1.54, 1.807) is 12.1 Å². The van der Waals surface area contributed by atoms with Gasteiger partial charge in [0.1, 0.15) is 17.7 Å². The van der Waals surface area contributed by atoms with Crippen LogP contribution in [0.15, 0.2) is 91.3 Å². The molecule has 9 heteroatoms. The van der Waals surface area contributed by atoms with Crippen LogP contribution in [0.5, 0.6) is 0 Å². The molecule has 4 N–H and O–H groups in total. The smallest absolute Gasteiger partial charge is 0.407 e. The summed E-state index contributed by atoms with van der Waals surface area (Å²) in [6.45, 7) is 2.56. The number of nitrogens with zero attached hydrogens (tertiary/aromatic N) is 2. The Kier molecular flexibility index (Phi) is 10.4. The number of alkyl carbamates (subject to hydrolysis) is 1. The van der Waals surface area contributed by atoms with Crippen molar-refractivity contribution in [3.05, 3.63) is 120 Å². The summed E-state index contributed by atoms with van der Waals surface area (Å²) in [4.78, 5) is 40.2. The maximum atomic E-state index is 12.8. The molecule has 45 heavy (non-hydrogen) atoms. The Hall–Kier alpha value is -5.62. The number of benzene rings is 3. The molecule has 0 spiro atoms. The molecule has 0 saturated carbocycles. The Bertz CT molecular complexity index is 1760. The van der Waals surface area contributed by atoms with Gasteiger partial charge in [-0.3, -0.25) is 4.79 Å². The molecule has 0 unspecified atom stereocenters. The van der Waals surface area contributed by atoms with Crippen LogP contribution < -0.4 is 10.6 Å². The number of methoxy groups -OCH3 is 1. The average molecular weight is 601 g/mol. The van der Waals surface area contributed by atoms with Gasteiger partial charge in [-0.2, -0.15) is 0 Å². The summed E-state index contributed by atoms with van der Waals surface area (Å²) in [6.07, 6.45) is 6.28. The van der Waals surface area contributed by atoms with E-state index >= 15 is 0 Å². The Balaban J connectivity index is 1.08. The van der Waals surface area contributed by atoms with Crippen LogP contribution in [0, 0.1) is 11.8 Å². The first kappa shape index (κ1) is 30.8. The second kappa shape index (κ2) is 15.2. The monoisotopic (exact) mass is 600 g/mol. The average Bonchev–Trinajstić information content (AvgIpc) is 3.77. The number of H-pyrrole nitrogens is 2. The molecule has 0 aliphatic carbocycles. The molecule has 0 aliphatic rings. The van der Waals surface area contributed by atoms with E-state index in [1.165, 1.54) is 7.11 Å². The summed E-state index contributed by atoms with van der Waals surface area (Å²) >= 11 is 0. The van der Waals surface area contributed by atoms with Crippen LogP contribution in [0.1, 0.15) is 54.1 Å². The largest absolute Gasteiger partial charge is 0.453 e. The highest BCUT2D eigenvalue weighted by Gasteiger charge is 2.22. The Morgan fingerprint density at radius 3 is 1.93 bits per heavy atom. The van der Waals surface area contributed by atoms with Crippen molar-refractivity contribution in [2.45, 2.75) is 38.6 Å². The minimum atomic E-state index is -0.822. The van der Waals surface area contributed by atoms with Gasteiger partial charge in [0.2, 0.25) is 5.91 Å². The van der Waals surface area contributed by atoms with Crippen LogP contribution in [0.25, 0.3) is 22.5 Å².